The van der Waals surface area contributed by atoms with Crippen molar-refractivity contribution < 1.29 is 0 Å². The van der Waals surface area contributed by atoms with Gasteiger partial charge in [0, 0.05) is 24.3 Å². The third-order valence-electron chi connectivity index (χ3n) is 2.57. The van der Waals surface area contributed by atoms with Crippen molar-refractivity contribution >= 4 is 39.3 Å². The molecule has 1 N–H and O–H groups in total. The SMILES string of the molecule is CCNc1nc(Sc2ncc(C)cn2)c2ccsc2n1. The predicted molar refractivity (Wildman–Crippen MR) is 82.5 cm³/mol. The zero-order valence-corrected chi connectivity index (χ0v) is 12.8. The summed E-state index contributed by atoms with van der Waals surface area (Å²) in [5.74, 6) is 0.650. The summed E-state index contributed by atoms with van der Waals surface area (Å²) >= 11 is 3.07. The maximum Gasteiger partial charge on any atom is 0.225 e. The number of aromatic nitrogens is 4. The molecule has 0 fully saturated rings. The summed E-state index contributed by atoms with van der Waals surface area (Å²) < 4.78 is 0. The van der Waals surface area contributed by atoms with Crippen LogP contribution in [0.4, 0.5) is 5.95 Å². The number of hydrogen-bond donors (Lipinski definition) is 1. The minimum absolute atomic E-state index is 0.650. The van der Waals surface area contributed by atoms with Crippen molar-refractivity contribution in [1.29, 1.82) is 0 Å². The molecule has 20 heavy (non-hydrogen) atoms. The fourth-order valence-corrected chi connectivity index (χ4v) is 3.28. The van der Waals surface area contributed by atoms with Crippen molar-refractivity contribution in [3.63, 3.8) is 0 Å². The summed E-state index contributed by atoms with van der Waals surface area (Å²) in [4.78, 5) is 18.6. The number of thiophene rings is 1. The molecular weight excluding hydrogens is 290 g/mol. The van der Waals surface area contributed by atoms with Crippen molar-refractivity contribution in [2.24, 2.45) is 0 Å². The van der Waals surface area contributed by atoms with Gasteiger partial charge >= 0.3 is 0 Å². The first-order valence-electron chi connectivity index (χ1n) is 6.22. The first kappa shape index (κ1) is 13.3. The van der Waals surface area contributed by atoms with E-state index in [0.717, 1.165) is 27.4 Å². The number of aryl methyl sites for hydroxylation is 1. The monoisotopic (exact) mass is 303 g/mol. The molecule has 0 aromatic carbocycles. The van der Waals surface area contributed by atoms with Gasteiger partial charge in [-0.2, -0.15) is 0 Å². The average Bonchev–Trinajstić information content (AvgIpc) is 2.90. The molecule has 0 aliphatic rings. The molecule has 0 amide bonds. The highest BCUT2D eigenvalue weighted by atomic mass is 32.2. The van der Waals surface area contributed by atoms with Gasteiger partial charge in [-0.3, -0.25) is 0 Å². The lowest BCUT2D eigenvalue weighted by atomic mass is 10.4. The molecule has 5 nitrogen and oxygen atoms in total. The van der Waals surface area contributed by atoms with E-state index in [4.69, 9.17) is 0 Å². The zero-order chi connectivity index (χ0) is 13.9. The van der Waals surface area contributed by atoms with Crippen LogP contribution in [0, 0.1) is 6.92 Å². The summed E-state index contributed by atoms with van der Waals surface area (Å²) in [6, 6.07) is 2.03. The number of nitrogens with zero attached hydrogens (tertiary/aromatic N) is 4. The van der Waals surface area contributed by atoms with Gasteiger partial charge < -0.3 is 5.32 Å². The van der Waals surface area contributed by atoms with Gasteiger partial charge in [-0.15, -0.1) is 11.3 Å². The van der Waals surface area contributed by atoms with Gasteiger partial charge in [0.25, 0.3) is 0 Å². The largest absolute Gasteiger partial charge is 0.354 e. The lowest BCUT2D eigenvalue weighted by Gasteiger charge is -2.05. The normalized spacial score (nSPS) is 10.9. The Kier molecular flexibility index (Phi) is 3.79. The molecule has 0 radical (unpaired) electrons. The summed E-state index contributed by atoms with van der Waals surface area (Å²) in [5, 5.41) is 7.81. The van der Waals surface area contributed by atoms with Crippen LogP contribution in [0.15, 0.2) is 34.0 Å². The van der Waals surface area contributed by atoms with Crippen molar-refractivity contribution in [1.82, 2.24) is 19.9 Å². The zero-order valence-electron chi connectivity index (χ0n) is 11.1. The fraction of sp³-hybridized carbons (Fsp3) is 0.231. The Balaban J connectivity index is 2.00. The second kappa shape index (κ2) is 5.72. The molecule has 3 heterocycles. The van der Waals surface area contributed by atoms with Crippen LogP contribution in [0.25, 0.3) is 10.2 Å². The van der Waals surface area contributed by atoms with Gasteiger partial charge in [-0.05, 0) is 42.6 Å². The lowest BCUT2D eigenvalue weighted by Crippen LogP contribution is -2.02. The van der Waals surface area contributed by atoms with E-state index in [0.29, 0.717) is 11.1 Å². The van der Waals surface area contributed by atoms with Crippen LogP contribution in [0.3, 0.4) is 0 Å². The third-order valence-corrected chi connectivity index (χ3v) is 4.27. The van der Waals surface area contributed by atoms with E-state index in [1.165, 1.54) is 11.8 Å². The van der Waals surface area contributed by atoms with Crippen LogP contribution in [0.5, 0.6) is 0 Å². The van der Waals surface area contributed by atoms with E-state index < -0.39 is 0 Å². The molecule has 0 unspecified atom stereocenters. The fourth-order valence-electron chi connectivity index (χ4n) is 1.66. The Morgan fingerprint density at radius 3 is 2.80 bits per heavy atom. The quantitative estimate of drug-likeness (QED) is 0.589. The molecule has 0 saturated carbocycles. The number of hydrogen-bond acceptors (Lipinski definition) is 7. The van der Waals surface area contributed by atoms with Crippen LogP contribution in [-0.2, 0) is 0 Å². The maximum atomic E-state index is 4.55. The smallest absolute Gasteiger partial charge is 0.225 e. The average molecular weight is 303 g/mol. The highest BCUT2D eigenvalue weighted by molar-refractivity contribution is 7.99. The van der Waals surface area contributed by atoms with Crippen LogP contribution < -0.4 is 5.32 Å². The van der Waals surface area contributed by atoms with Crippen molar-refractivity contribution in [3.05, 3.63) is 29.4 Å². The second-order valence-electron chi connectivity index (χ2n) is 4.17. The first-order valence-corrected chi connectivity index (χ1v) is 7.91. The lowest BCUT2D eigenvalue weighted by molar-refractivity contribution is 0.944. The Labute approximate surface area is 124 Å². The van der Waals surface area contributed by atoms with Gasteiger partial charge in [0.15, 0.2) is 5.16 Å². The Morgan fingerprint density at radius 1 is 1.25 bits per heavy atom. The molecule has 0 spiro atoms. The van der Waals surface area contributed by atoms with E-state index in [-0.39, 0.29) is 0 Å². The second-order valence-corrected chi connectivity index (χ2v) is 6.02. The number of nitrogens with one attached hydrogen (secondary N) is 1. The number of anilines is 1. The number of fused-ring (bicyclic) bond motifs is 1. The Bertz CT molecular complexity index is 723. The first-order chi connectivity index (χ1) is 9.76. The molecule has 0 aliphatic heterocycles. The van der Waals surface area contributed by atoms with Crippen molar-refractivity contribution in [2.45, 2.75) is 24.0 Å². The highest BCUT2D eigenvalue weighted by Crippen LogP contribution is 2.32. The summed E-state index contributed by atoms with van der Waals surface area (Å²) in [6.45, 7) is 4.79. The third kappa shape index (κ3) is 2.73. The molecular formula is C13H13N5S2. The van der Waals surface area contributed by atoms with Crippen molar-refractivity contribution in [3.8, 4) is 0 Å². The van der Waals surface area contributed by atoms with Gasteiger partial charge in [0.05, 0.1) is 0 Å². The standard InChI is InChI=1S/C13H13N5S2/c1-3-14-12-17-10-9(4-5-19-10)11(18-12)20-13-15-6-8(2)7-16-13/h4-7H,3H2,1-2H3,(H,14,17,18). The van der Waals surface area contributed by atoms with Crippen LogP contribution in [0.2, 0.25) is 0 Å². The van der Waals surface area contributed by atoms with Crippen molar-refractivity contribution in [2.75, 3.05) is 11.9 Å². The Morgan fingerprint density at radius 2 is 2.05 bits per heavy atom. The maximum absolute atomic E-state index is 4.55. The summed E-state index contributed by atoms with van der Waals surface area (Å²) in [6.07, 6.45) is 3.62. The minimum atomic E-state index is 0.650. The summed E-state index contributed by atoms with van der Waals surface area (Å²) in [7, 11) is 0. The Hall–Kier alpha value is -1.73. The molecule has 3 rings (SSSR count). The molecule has 3 aromatic rings. The molecule has 102 valence electrons. The highest BCUT2D eigenvalue weighted by Gasteiger charge is 2.11. The van der Waals surface area contributed by atoms with E-state index in [9.17, 15) is 0 Å². The van der Waals surface area contributed by atoms with E-state index in [1.807, 2.05) is 37.7 Å². The molecule has 7 heteroatoms. The van der Waals surface area contributed by atoms with Gasteiger partial charge in [0.2, 0.25) is 5.95 Å². The summed E-state index contributed by atoms with van der Waals surface area (Å²) in [5.41, 5.74) is 1.05. The van der Waals surface area contributed by atoms with E-state index in [2.05, 4.69) is 25.3 Å². The van der Waals surface area contributed by atoms with Gasteiger partial charge in [0.1, 0.15) is 9.86 Å². The number of rotatable bonds is 4. The molecule has 0 bridgehead atoms. The van der Waals surface area contributed by atoms with Crippen LogP contribution in [0.1, 0.15) is 12.5 Å². The van der Waals surface area contributed by atoms with E-state index >= 15 is 0 Å². The van der Waals surface area contributed by atoms with Gasteiger partial charge in [-0.25, -0.2) is 19.9 Å². The molecule has 3 aromatic heterocycles. The topological polar surface area (TPSA) is 63.6 Å². The van der Waals surface area contributed by atoms with E-state index in [1.54, 1.807) is 11.3 Å². The van der Waals surface area contributed by atoms with Crippen LogP contribution >= 0.6 is 23.1 Å². The predicted octanol–water partition coefficient (Wildman–Crippen LogP) is 3.37. The molecule has 0 aliphatic carbocycles. The molecule has 0 saturated heterocycles. The van der Waals surface area contributed by atoms with Crippen LogP contribution in [-0.4, -0.2) is 26.5 Å². The van der Waals surface area contributed by atoms with Gasteiger partial charge in [-0.1, -0.05) is 0 Å². The molecule has 0 atom stereocenters. The minimum Gasteiger partial charge on any atom is -0.354 e.